The van der Waals surface area contributed by atoms with Gasteiger partial charge in [0.15, 0.2) is 5.96 Å². The molecule has 146 valence electrons. The highest BCUT2D eigenvalue weighted by Crippen LogP contribution is 2.51. The zero-order chi connectivity index (χ0) is 18.9. The van der Waals surface area contributed by atoms with E-state index in [1.165, 1.54) is 12.1 Å². The summed E-state index contributed by atoms with van der Waals surface area (Å²) in [5, 5.41) is 11.5. The van der Waals surface area contributed by atoms with Crippen molar-refractivity contribution in [2.45, 2.75) is 57.7 Å². The Hall–Kier alpha value is -1.76. The van der Waals surface area contributed by atoms with Crippen LogP contribution in [0.3, 0.4) is 0 Å². The van der Waals surface area contributed by atoms with Crippen LogP contribution >= 0.6 is 0 Å². The molecule has 26 heavy (non-hydrogen) atoms. The highest BCUT2D eigenvalue weighted by molar-refractivity contribution is 5.80. The van der Waals surface area contributed by atoms with Gasteiger partial charge in [-0.1, -0.05) is 13.8 Å². The fourth-order valence-electron chi connectivity index (χ4n) is 4.15. The number of anilines is 1. The molecule has 1 aromatic heterocycles. The topological polar surface area (TPSA) is 66.7 Å². The quantitative estimate of drug-likeness (QED) is 0.631. The highest BCUT2D eigenvalue weighted by atomic mass is 16.5. The number of aryl methyl sites for hydroxylation is 1. The molecule has 7 nitrogen and oxygen atoms in total. The maximum atomic E-state index is 5.73. The maximum Gasteiger partial charge on any atom is 0.191 e. The van der Waals surface area contributed by atoms with Crippen molar-refractivity contribution in [3.05, 3.63) is 12.4 Å². The monoisotopic (exact) mass is 362 g/mol. The van der Waals surface area contributed by atoms with E-state index in [-0.39, 0.29) is 11.0 Å². The predicted molar refractivity (Wildman–Crippen MR) is 106 cm³/mol. The first kappa shape index (κ1) is 19.0. The van der Waals surface area contributed by atoms with Crippen molar-refractivity contribution >= 4 is 11.6 Å². The molecule has 2 aliphatic rings. The summed E-state index contributed by atoms with van der Waals surface area (Å²) in [6, 6.07) is 0.740. The van der Waals surface area contributed by atoms with E-state index in [4.69, 9.17) is 4.74 Å². The van der Waals surface area contributed by atoms with E-state index in [1.54, 1.807) is 7.11 Å². The minimum Gasteiger partial charge on any atom is -0.378 e. The molecule has 1 aromatic rings. The van der Waals surface area contributed by atoms with E-state index in [9.17, 15) is 0 Å². The second kappa shape index (κ2) is 7.10. The minimum atomic E-state index is -0.0779. The van der Waals surface area contributed by atoms with Crippen LogP contribution in [0.5, 0.6) is 0 Å². The lowest BCUT2D eigenvalue weighted by molar-refractivity contribution is -0.176. The van der Waals surface area contributed by atoms with Crippen LogP contribution in [0.25, 0.3) is 0 Å². The molecule has 0 bridgehead atoms. The van der Waals surface area contributed by atoms with Crippen LogP contribution in [0.4, 0.5) is 5.69 Å². The molecule has 0 spiro atoms. The summed E-state index contributed by atoms with van der Waals surface area (Å²) < 4.78 is 7.59. The van der Waals surface area contributed by atoms with Crippen molar-refractivity contribution < 1.29 is 4.74 Å². The molecule has 0 amide bonds. The van der Waals surface area contributed by atoms with E-state index < -0.39 is 0 Å². The normalized spacial score (nSPS) is 31.5. The first-order valence-corrected chi connectivity index (χ1v) is 9.57. The standard InChI is InChI=1S/C19H34N6O/c1-18(2)16(10-19(18,3)26-6)23-17(20-4)22-14-8-7-9-25(12-14)15-11-21-24(5)13-15/h11,13-14,16H,7-10,12H2,1-6H3,(H2,20,22,23). The van der Waals surface area contributed by atoms with Gasteiger partial charge in [0.2, 0.25) is 0 Å². The van der Waals surface area contributed by atoms with Gasteiger partial charge in [-0.2, -0.15) is 5.10 Å². The van der Waals surface area contributed by atoms with Gasteiger partial charge in [-0.25, -0.2) is 0 Å². The number of aromatic nitrogens is 2. The molecule has 3 rings (SSSR count). The van der Waals surface area contributed by atoms with E-state index in [1.807, 2.05) is 25.0 Å². The smallest absolute Gasteiger partial charge is 0.191 e. The Morgan fingerprint density at radius 2 is 2.12 bits per heavy atom. The van der Waals surface area contributed by atoms with E-state index in [0.29, 0.717) is 12.1 Å². The van der Waals surface area contributed by atoms with Crippen LogP contribution in [0, 0.1) is 5.41 Å². The van der Waals surface area contributed by atoms with Gasteiger partial charge in [0.05, 0.1) is 17.5 Å². The van der Waals surface area contributed by atoms with Crippen molar-refractivity contribution in [1.29, 1.82) is 0 Å². The SMILES string of the molecule is CN=C(NC1CCCN(c2cnn(C)c2)C1)NC1CC(C)(OC)C1(C)C. The number of guanidine groups is 1. The van der Waals surface area contributed by atoms with Gasteiger partial charge in [-0.3, -0.25) is 9.67 Å². The molecule has 2 N–H and O–H groups in total. The summed E-state index contributed by atoms with van der Waals surface area (Å²) in [7, 11) is 5.61. The van der Waals surface area contributed by atoms with Gasteiger partial charge in [-0.15, -0.1) is 0 Å². The van der Waals surface area contributed by atoms with Crippen LogP contribution in [0.1, 0.15) is 40.0 Å². The molecule has 1 saturated heterocycles. The summed E-state index contributed by atoms with van der Waals surface area (Å²) in [6.45, 7) is 8.76. The Balaban J connectivity index is 1.57. The fourth-order valence-corrected chi connectivity index (χ4v) is 4.15. The van der Waals surface area contributed by atoms with Crippen molar-refractivity contribution in [3.63, 3.8) is 0 Å². The Kier molecular flexibility index (Phi) is 5.19. The molecule has 1 aliphatic heterocycles. The predicted octanol–water partition coefficient (Wildman–Crippen LogP) is 1.76. The maximum absolute atomic E-state index is 5.73. The summed E-state index contributed by atoms with van der Waals surface area (Å²) in [6.07, 6.45) is 7.33. The van der Waals surface area contributed by atoms with Gasteiger partial charge in [0.1, 0.15) is 0 Å². The third-order valence-electron chi connectivity index (χ3n) is 6.63. The van der Waals surface area contributed by atoms with Crippen LogP contribution in [0.2, 0.25) is 0 Å². The lowest BCUT2D eigenvalue weighted by Crippen LogP contribution is -2.70. The van der Waals surface area contributed by atoms with Gasteiger partial charge < -0.3 is 20.3 Å². The first-order chi connectivity index (χ1) is 12.3. The molecule has 2 fully saturated rings. The minimum absolute atomic E-state index is 0.0632. The number of hydrogen-bond acceptors (Lipinski definition) is 4. The summed E-state index contributed by atoms with van der Waals surface area (Å²) >= 11 is 0. The van der Waals surface area contributed by atoms with Crippen LogP contribution in [0.15, 0.2) is 17.4 Å². The molecule has 7 heteroatoms. The number of nitrogens with one attached hydrogen (secondary N) is 2. The molecule has 1 saturated carbocycles. The number of aliphatic imine (C=N–C) groups is 1. The Bertz CT molecular complexity index is 654. The number of piperidine rings is 1. The van der Waals surface area contributed by atoms with Crippen LogP contribution < -0.4 is 15.5 Å². The number of methoxy groups -OCH3 is 1. The molecule has 3 unspecified atom stereocenters. The number of nitrogens with zero attached hydrogens (tertiary/aromatic N) is 4. The Morgan fingerprint density at radius 1 is 1.35 bits per heavy atom. The summed E-state index contributed by atoms with van der Waals surface area (Å²) in [5.41, 5.74) is 1.18. The van der Waals surface area contributed by atoms with Crippen molar-refractivity contribution in [2.24, 2.45) is 17.5 Å². The molecule has 0 aromatic carbocycles. The van der Waals surface area contributed by atoms with Crippen molar-refractivity contribution in [2.75, 3.05) is 32.1 Å². The van der Waals surface area contributed by atoms with Crippen LogP contribution in [-0.4, -0.2) is 60.7 Å². The van der Waals surface area contributed by atoms with Crippen molar-refractivity contribution in [1.82, 2.24) is 20.4 Å². The van der Waals surface area contributed by atoms with E-state index in [2.05, 4.69) is 52.6 Å². The largest absolute Gasteiger partial charge is 0.378 e. The third kappa shape index (κ3) is 3.41. The Labute approximate surface area is 157 Å². The lowest BCUT2D eigenvalue weighted by Gasteiger charge is -2.59. The zero-order valence-electron chi connectivity index (χ0n) is 17.0. The van der Waals surface area contributed by atoms with Crippen LogP contribution in [-0.2, 0) is 11.8 Å². The summed E-state index contributed by atoms with van der Waals surface area (Å²) in [5.74, 6) is 0.888. The lowest BCUT2D eigenvalue weighted by atomic mass is 9.56. The van der Waals surface area contributed by atoms with E-state index >= 15 is 0 Å². The zero-order valence-corrected chi connectivity index (χ0v) is 17.0. The van der Waals surface area contributed by atoms with Gasteiger partial charge in [-0.05, 0) is 26.2 Å². The molecular formula is C19H34N6O. The molecule has 0 radical (unpaired) electrons. The number of rotatable bonds is 4. The van der Waals surface area contributed by atoms with E-state index in [0.717, 1.165) is 31.9 Å². The molecule has 2 heterocycles. The number of hydrogen-bond donors (Lipinski definition) is 2. The summed E-state index contributed by atoms with van der Waals surface area (Å²) in [4.78, 5) is 6.86. The fraction of sp³-hybridized carbons (Fsp3) is 0.789. The van der Waals surface area contributed by atoms with Crippen molar-refractivity contribution in [3.8, 4) is 0 Å². The van der Waals surface area contributed by atoms with Gasteiger partial charge in [0, 0.05) is 58.0 Å². The van der Waals surface area contributed by atoms with Gasteiger partial charge >= 0.3 is 0 Å². The molecule has 1 aliphatic carbocycles. The Morgan fingerprint density at radius 3 is 2.69 bits per heavy atom. The average molecular weight is 363 g/mol. The second-order valence-corrected chi connectivity index (χ2v) is 8.43. The highest BCUT2D eigenvalue weighted by Gasteiger charge is 2.58. The third-order valence-corrected chi connectivity index (χ3v) is 6.63. The average Bonchev–Trinajstić information content (AvgIpc) is 3.07. The van der Waals surface area contributed by atoms with Gasteiger partial charge in [0.25, 0.3) is 0 Å². The number of ether oxygens (including phenoxy) is 1. The second-order valence-electron chi connectivity index (χ2n) is 8.43. The first-order valence-electron chi connectivity index (χ1n) is 9.57. The molecule has 3 atom stereocenters. The molecular weight excluding hydrogens is 328 g/mol.